The largest absolute Gasteiger partial charge is 0.493 e. The maximum absolute atomic E-state index is 5.98. The summed E-state index contributed by atoms with van der Waals surface area (Å²) in [5.41, 5.74) is 1.78. The number of rotatable bonds is 5. The summed E-state index contributed by atoms with van der Waals surface area (Å²) < 4.78 is 16.2. The number of halogens is 1. The Bertz CT molecular complexity index is 817. The third-order valence-corrected chi connectivity index (χ3v) is 3.58. The van der Waals surface area contributed by atoms with Crippen molar-refractivity contribution in [1.82, 2.24) is 10.2 Å². The normalized spacial score (nSPS) is 10.6. The molecule has 23 heavy (non-hydrogen) atoms. The smallest absolute Gasteiger partial charge is 0.247 e. The Morgan fingerprint density at radius 2 is 1.83 bits per heavy atom. The summed E-state index contributed by atoms with van der Waals surface area (Å²) in [6, 6.07) is 13.0. The Labute approximate surface area is 138 Å². The van der Waals surface area contributed by atoms with Gasteiger partial charge in [0.1, 0.15) is 0 Å². The van der Waals surface area contributed by atoms with Gasteiger partial charge >= 0.3 is 0 Å². The summed E-state index contributed by atoms with van der Waals surface area (Å²) in [5, 5.41) is 8.78. The van der Waals surface area contributed by atoms with Crippen LogP contribution in [0.2, 0.25) is 5.02 Å². The lowest BCUT2D eigenvalue weighted by Gasteiger charge is -2.08. The van der Waals surface area contributed by atoms with Gasteiger partial charge in [-0.2, -0.15) is 0 Å². The minimum absolute atomic E-state index is 0.447. The predicted octanol–water partition coefficient (Wildman–Crippen LogP) is 4.00. The van der Waals surface area contributed by atoms with Crippen LogP contribution in [0, 0.1) is 0 Å². The molecule has 3 aromatic rings. The number of nitrogens with zero attached hydrogens (tertiary/aromatic N) is 2. The average Bonchev–Trinajstić information content (AvgIpc) is 3.03. The van der Waals surface area contributed by atoms with Gasteiger partial charge in [-0.15, -0.1) is 10.2 Å². The number of methoxy groups -OCH3 is 2. The molecule has 0 radical (unpaired) electrons. The Kier molecular flexibility index (Phi) is 4.48. The van der Waals surface area contributed by atoms with Crippen LogP contribution in [0.15, 0.2) is 46.9 Å². The zero-order valence-electron chi connectivity index (χ0n) is 12.7. The average molecular weight is 331 g/mol. The van der Waals surface area contributed by atoms with Crippen molar-refractivity contribution in [2.24, 2.45) is 0 Å². The topological polar surface area (TPSA) is 57.4 Å². The minimum atomic E-state index is 0.447. The van der Waals surface area contributed by atoms with Gasteiger partial charge in [-0.05, 0) is 35.9 Å². The summed E-state index contributed by atoms with van der Waals surface area (Å²) in [6.07, 6.45) is 0.508. The molecule has 0 aliphatic carbocycles. The van der Waals surface area contributed by atoms with E-state index < -0.39 is 0 Å². The molecule has 0 unspecified atom stereocenters. The van der Waals surface area contributed by atoms with E-state index in [4.69, 9.17) is 25.5 Å². The summed E-state index contributed by atoms with van der Waals surface area (Å²) in [5.74, 6) is 2.32. The van der Waals surface area contributed by atoms with Crippen molar-refractivity contribution >= 4 is 11.6 Å². The van der Waals surface area contributed by atoms with E-state index in [1.54, 1.807) is 26.4 Å². The number of hydrogen-bond acceptors (Lipinski definition) is 5. The van der Waals surface area contributed by atoms with Crippen LogP contribution >= 0.6 is 11.6 Å². The van der Waals surface area contributed by atoms with E-state index >= 15 is 0 Å². The molecule has 0 aliphatic rings. The SMILES string of the molecule is COc1ccc(Cc2nnc(-c3cccc(Cl)c3)o2)cc1OC. The fourth-order valence-corrected chi connectivity index (χ4v) is 2.42. The molecule has 0 saturated heterocycles. The fourth-order valence-electron chi connectivity index (χ4n) is 2.23. The maximum Gasteiger partial charge on any atom is 0.247 e. The molecule has 118 valence electrons. The third-order valence-electron chi connectivity index (χ3n) is 3.34. The van der Waals surface area contributed by atoms with Gasteiger partial charge in [0.15, 0.2) is 11.5 Å². The molecule has 6 heteroatoms. The monoisotopic (exact) mass is 330 g/mol. The van der Waals surface area contributed by atoms with Crippen molar-refractivity contribution in [3.05, 3.63) is 58.9 Å². The van der Waals surface area contributed by atoms with Crippen LogP contribution < -0.4 is 9.47 Å². The van der Waals surface area contributed by atoms with Crippen molar-refractivity contribution in [2.75, 3.05) is 14.2 Å². The summed E-state index contributed by atoms with van der Waals surface area (Å²) in [7, 11) is 3.21. The Morgan fingerprint density at radius 1 is 1.00 bits per heavy atom. The summed E-state index contributed by atoms with van der Waals surface area (Å²) in [6.45, 7) is 0. The molecule has 0 aliphatic heterocycles. The highest BCUT2D eigenvalue weighted by Gasteiger charge is 2.11. The van der Waals surface area contributed by atoms with Gasteiger partial charge in [0.2, 0.25) is 11.8 Å². The van der Waals surface area contributed by atoms with Gasteiger partial charge < -0.3 is 13.9 Å². The van der Waals surface area contributed by atoms with Crippen molar-refractivity contribution in [3.8, 4) is 23.0 Å². The third kappa shape index (κ3) is 3.46. The molecule has 0 fully saturated rings. The second kappa shape index (κ2) is 6.71. The van der Waals surface area contributed by atoms with Crippen LogP contribution in [0.3, 0.4) is 0 Å². The van der Waals surface area contributed by atoms with Gasteiger partial charge in [-0.3, -0.25) is 0 Å². The van der Waals surface area contributed by atoms with Crippen LogP contribution in [0.25, 0.3) is 11.5 Å². The lowest BCUT2D eigenvalue weighted by Crippen LogP contribution is -1.94. The number of aromatic nitrogens is 2. The molecule has 5 nitrogen and oxygen atoms in total. The molecule has 0 N–H and O–H groups in total. The first-order valence-corrected chi connectivity index (χ1v) is 7.36. The van der Waals surface area contributed by atoms with Crippen molar-refractivity contribution in [3.63, 3.8) is 0 Å². The quantitative estimate of drug-likeness (QED) is 0.707. The Hall–Kier alpha value is -2.53. The standard InChI is InChI=1S/C17H15ClN2O3/c1-21-14-7-6-11(8-15(14)22-2)9-16-19-20-17(23-16)12-4-3-5-13(18)10-12/h3-8,10H,9H2,1-2H3. The van der Waals surface area contributed by atoms with E-state index in [0.29, 0.717) is 34.7 Å². The molecule has 0 atom stereocenters. The lowest BCUT2D eigenvalue weighted by atomic mass is 10.1. The molecule has 3 rings (SSSR count). The van der Waals surface area contributed by atoms with Crippen molar-refractivity contribution in [1.29, 1.82) is 0 Å². The van der Waals surface area contributed by atoms with Crippen LogP contribution in [0.1, 0.15) is 11.5 Å². The highest BCUT2D eigenvalue weighted by atomic mass is 35.5. The Morgan fingerprint density at radius 3 is 2.57 bits per heavy atom. The number of ether oxygens (including phenoxy) is 2. The zero-order valence-corrected chi connectivity index (χ0v) is 13.5. The summed E-state index contributed by atoms with van der Waals surface area (Å²) >= 11 is 5.98. The van der Waals surface area contributed by atoms with E-state index in [1.807, 2.05) is 30.3 Å². The first kappa shape index (κ1) is 15.4. The summed E-state index contributed by atoms with van der Waals surface area (Å²) in [4.78, 5) is 0. The van der Waals surface area contributed by atoms with E-state index in [1.165, 1.54) is 0 Å². The molecule has 0 saturated carbocycles. The van der Waals surface area contributed by atoms with Crippen LogP contribution in [-0.4, -0.2) is 24.4 Å². The molecule has 1 aromatic heterocycles. The van der Waals surface area contributed by atoms with Gasteiger partial charge in [0, 0.05) is 10.6 Å². The van der Waals surface area contributed by atoms with Gasteiger partial charge in [-0.25, -0.2) is 0 Å². The molecule has 0 spiro atoms. The van der Waals surface area contributed by atoms with Crippen LogP contribution in [-0.2, 0) is 6.42 Å². The van der Waals surface area contributed by atoms with Gasteiger partial charge in [-0.1, -0.05) is 23.7 Å². The lowest BCUT2D eigenvalue weighted by molar-refractivity contribution is 0.354. The van der Waals surface area contributed by atoms with Crippen molar-refractivity contribution in [2.45, 2.75) is 6.42 Å². The minimum Gasteiger partial charge on any atom is -0.493 e. The Balaban J connectivity index is 1.82. The molecular formula is C17H15ClN2O3. The molecule has 1 heterocycles. The van der Waals surface area contributed by atoms with Crippen LogP contribution in [0.4, 0.5) is 0 Å². The number of hydrogen-bond donors (Lipinski definition) is 0. The van der Waals surface area contributed by atoms with E-state index in [2.05, 4.69) is 10.2 Å². The molecular weight excluding hydrogens is 316 g/mol. The zero-order chi connectivity index (χ0) is 16.2. The fraction of sp³-hybridized carbons (Fsp3) is 0.176. The second-order valence-electron chi connectivity index (χ2n) is 4.88. The molecule has 0 bridgehead atoms. The first-order chi connectivity index (χ1) is 11.2. The maximum atomic E-state index is 5.98. The first-order valence-electron chi connectivity index (χ1n) is 6.99. The van der Waals surface area contributed by atoms with E-state index in [-0.39, 0.29) is 0 Å². The number of benzene rings is 2. The van der Waals surface area contributed by atoms with Crippen LogP contribution in [0.5, 0.6) is 11.5 Å². The predicted molar refractivity (Wildman–Crippen MR) is 87.1 cm³/mol. The highest BCUT2D eigenvalue weighted by molar-refractivity contribution is 6.30. The van der Waals surface area contributed by atoms with E-state index in [9.17, 15) is 0 Å². The van der Waals surface area contributed by atoms with Gasteiger partial charge in [0.25, 0.3) is 0 Å². The second-order valence-corrected chi connectivity index (χ2v) is 5.31. The molecule has 0 amide bonds. The van der Waals surface area contributed by atoms with Crippen molar-refractivity contribution < 1.29 is 13.9 Å². The van der Waals surface area contributed by atoms with E-state index in [0.717, 1.165) is 11.1 Å². The van der Waals surface area contributed by atoms with Gasteiger partial charge in [0.05, 0.1) is 20.6 Å². The molecule has 2 aromatic carbocycles. The highest BCUT2D eigenvalue weighted by Crippen LogP contribution is 2.29.